The van der Waals surface area contributed by atoms with Crippen LogP contribution in [0.15, 0.2) is 30.3 Å². The van der Waals surface area contributed by atoms with E-state index in [2.05, 4.69) is 4.98 Å². The SMILES string of the molecule is CCCCOC(=O)c1nc(O)c2sc(-c3ccc(F)cc3)cc2c1O. The zero-order valence-electron chi connectivity index (χ0n) is 13.5. The smallest absolute Gasteiger partial charge is 0.360 e. The molecule has 0 unspecified atom stereocenters. The lowest BCUT2D eigenvalue weighted by atomic mass is 10.1. The molecular weight excluding hydrogens is 345 g/mol. The number of hydrogen-bond donors (Lipinski definition) is 2. The van der Waals surface area contributed by atoms with Crippen LogP contribution in [0.25, 0.3) is 20.5 Å². The van der Waals surface area contributed by atoms with Crippen LogP contribution in [-0.4, -0.2) is 27.8 Å². The summed E-state index contributed by atoms with van der Waals surface area (Å²) in [7, 11) is 0. The molecule has 0 bridgehead atoms. The minimum Gasteiger partial charge on any atom is -0.505 e. The van der Waals surface area contributed by atoms with Crippen LogP contribution in [0.3, 0.4) is 0 Å². The molecule has 0 amide bonds. The molecule has 2 N–H and O–H groups in total. The van der Waals surface area contributed by atoms with Crippen molar-refractivity contribution in [1.82, 2.24) is 4.98 Å². The first-order valence-electron chi connectivity index (χ1n) is 7.79. The van der Waals surface area contributed by atoms with E-state index in [1.165, 1.54) is 23.5 Å². The number of rotatable bonds is 5. The van der Waals surface area contributed by atoms with Crippen molar-refractivity contribution in [3.8, 4) is 22.1 Å². The van der Waals surface area contributed by atoms with E-state index in [0.717, 1.165) is 12.0 Å². The molecule has 3 rings (SSSR count). The van der Waals surface area contributed by atoms with Crippen molar-refractivity contribution in [2.75, 3.05) is 6.61 Å². The predicted molar refractivity (Wildman–Crippen MR) is 93.5 cm³/mol. The van der Waals surface area contributed by atoms with Gasteiger partial charge in [-0.25, -0.2) is 14.2 Å². The fraction of sp³-hybridized carbons (Fsp3) is 0.222. The van der Waals surface area contributed by atoms with Crippen molar-refractivity contribution < 1.29 is 24.1 Å². The van der Waals surface area contributed by atoms with Gasteiger partial charge in [0.15, 0.2) is 11.4 Å². The van der Waals surface area contributed by atoms with Crippen LogP contribution in [0.5, 0.6) is 11.6 Å². The van der Waals surface area contributed by atoms with Gasteiger partial charge in [-0.15, -0.1) is 11.3 Å². The van der Waals surface area contributed by atoms with Crippen LogP contribution in [-0.2, 0) is 4.74 Å². The van der Waals surface area contributed by atoms with Gasteiger partial charge >= 0.3 is 5.97 Å². The Bertz CT molecular complexity index is 921. The Morgan fingerprint density at radius 3 is 2.68 bits per heavy atom. The molecule has 0 saturated carbocycles. The maximum atomic E-state index is 13.1. The quantitative estimate of drug-likeness (QED) is 0.518. The van der Waals surface area contributed by atoms with E-state index in [1.807, 2.05) is 6.92 Å². The Labute approximate surface area is 147 Å². The number of aromatic hydroxyl groups is 2. The first-order valence-corrected chi connectivity index (χ1v) is 8.61. The number of carbonyl (C=O) groups excluding carboxylic acids is 1. The number of thiophene rings is 1. The third-order valence-corrected chi connectivity index (χ3v) is 4.87. The first kappa shape index (κ1) is 17.2. The van der Waals surface area contributed by atoms with Crippen LogP contribution in [0.1, 0.15) is 30.3 Å². The minimum atomic E-state index is -0.780. The van der Waals surface area contributed by atoms with E-state index < -0.39 is 5.97 Å². The predicted octanol–water partition coefficient (Wildman–Crippen LogP) is 4.47. The number of nitrogens with zero attached hydrogens (tertiary/aromatic N) is 1. The van der Waals surface area contributed by atoms with E-state index in [1.54, 1.807) is 18.2 Å². The van der Waals surface area contributed by atoms with Crippen molar-refractivity contribution in [2.24, 2.45) is 0 Å². The first-order chi connectivity index (χ1) is 12.0. The van der Waals surface area contributed by atoms with Crippen LogP contribution in [0, 0.1) is 5.82 Å². The largest absolute Gasteiger partial charge is 0.505 e. The maximum absolute atomic E-state index is 13.1. The van der Waals surface area contributed by atoms with Gasteiger partial charge in [0, 0.05) is 10.3 Å². The lowest BCUT2D eigenvalue weighted by Crippen LogP contribution is -2.08. The Hall–Kier alpha value is -2.67. The summed E-state index contributed by atoms with van der Waals surface area (Å²) in [5.74, 6) is -1.82. The zero-order chi connectivity index (χ0) is 18.0. The second-order valence-corrected chi connectivity index (χ2v) is 6.53. The maximum Gasteiger partial charge on any atom is 0.360 e. The van der Waals surface area contributed by atoms with Crippen molar-refractivity contribution in [3.05, 3.63) is 41.8 Å². The summed E-state index contributed by atoms with van der Waals surface area (Å²) in [6.07, 6.45) is 1.57. The average Bonchev–Trinajstić information content (AvgIpc) is 3.05. The van der Waals surface area contributed by atoms with Gasteiger partial charge in [0.1, 0.15) is 10.5 Å². The number of pyridine rings is 1. The molecule has 3 aromatic rings. The van der Waals surface area contributed by atoms with Gasteiger partial charge in [0.25, 0.3) is 0 Å². The van der Waals surface area contributed by atoms with Crippen LogP contribution < -0.4 is 0 Å². The Morgan fingerprint density at radius 2 is 2.00 bits per heavy atom. The number of unbranched alkanes of at least 4 members (excludes halogenated alkanes) is 1. The number of fused-ring (bicyclic) bond motifs is 1. The van der Waals surface area contributed by atoms with Gasteiger partial charge in [-0.1, -0.05) is 25.5 Å². The van der Waals surface area contributed by atoms with Gasteiger partial charge in [-0.2, -0.15) is 0 Å². The third-order valence-electron chi connectivity index (χ3n) is 3.69. The highest BCUT2D eigenvalue weighted by Gasteiger charge is 2.22. The number of hydrogen-bond acceptors (Lipinski definition) is 6. The number of ether oxygens (including phenoxy) is 1. The normalized spacial score (nSPS) is 11.0. The molecule has 0 radical (unpaired) electrons. The minimum absolute atomic E-state index is 0.222. The zero-order valence-corrected chi connectivity index (χ0v) is 14.3. The molecule has 25 heavy (non-hydrogen) atoms. The van der Waals surface area contributed by atoms with Crippen molar-refractivity contribution in [1.29, 1.82) is 0 Å². The van der Waals surface area contributed by atoms with E-state index >= 15 is 0 Å². The Balaban J connectivity index is 2.01. The van der Waals surface area contributed by atoms with E-state index in [-0.39, 0.29) is 29.7 Å². The number of benzene rings is 1. The molecule has 7 heteroatoms. The topological polar surface area (TPSA) is 79.7 Å². The molecule has 0 spiro atoms. The Kier molecular flexibility index (Phi) is 4.85. The van der Waals surface area contributed by atoms with Gasteiger partial charge in [0.05, 0.1) is 6.61 Å². The number of carbonyl (C=O) groups is 1. The number of esters is 1. The van der Waals surface area contributed by atoms with Gasteiger partial charge in [-0.3, -0.25) is 0 Å². The van der Waals surface area contributed by atoms with Crippen molar-refractivity contribution in [2.45, 2.75) is 19.8 Å². The summed E-state index contributed by atoms with van der Waals surface area (Å²) in [4.78, 5) is 16.5. The lowest BCUT2D eigenvalue weighted by Gasteiger charge is -2.06. The summed E-state index contributed by atoms with van der Waals surface area (Å²) in [5, 5.41) is 20.8. The molecule has 0 saturated heterocycles. The fourth-order valence-electron chi connectivity index (χ4n) is 2.35. The molecule has 0 aliphatic rings. The molecule has 0 aliphatic heterocycles. The number of aromatic nitrogens is 1. The van der Waals surface area contributed by atoms with Gasteiger partial charge in [-0.05, 0) is 30.2 Å². The van der Waals surface area contributed by atoms with Crippen LogP contribution >= 0.6 is 11.3 Å². The number of halogens is 1. The van der Waals surface area contributed by atoms with Crippen molar-refractivity contribution in [3.63, 3.8) is 0 Å². The highest BCUT2D eigenvalue weighted by Crippen LogP contribution is 2.42. The molecule has 130 valence electrons. The van der Waals surface area contributed by atoms with Crippen LogP contribution in [0.2, 0.25) is 0 Å². The molecule has 5 nitrogen and oxygen atoms in total. The Morgan fingerprint density at radius 1 is 1.28 bits per heavy atom. The molecule has 1 aromatic carbocycles. The van der Waals surface area contributed by atoms with E-state index in [4.69, 9.17) is 4.74 Å². The monoisotopic (exact) mass is 361 g/mol. The standard InChI is InChI=1S/C18H16FNO4S/c1-2-3-8-24-18(23)14-15(21)12-9-13(25-16(12)17(22)20-14)10-4-6-11(19)7-5-10/h4-7,9,21H,2-3,8H2,1H3,(H,20,22). The van der Waals surface area contributed by atoms with E-state index in [9.17, 15) is 19.4 Å². The summed E-state index contributed by atoms with van der Waals surface area (Å²) in [5.41, 5.74) is 0.415. The lowest BCUT2D eigenvalue weighted by molar-refractivity contribution is 0.0488. The van der Waals surface area contributed by atoms with Crippen molar-refractivity contribution >= 4 is 27.4 Å². The average molecular weight is 361 g/mol. The third kappa shape index (κ3) is 3.41. The second-order valence-electron chi connectivity index (χ2n) is 5.48. The molecule has 0 fully saturated rings. The fourth-order valence-corrected chi connectivity index (χ4v) is 3.40. The summed E-state index contributed by atoms with van der Waals surface area (Å²) < 4.78 is 18.5. The highest BCUT2D eigenvalue weighted by molar-refractivity contribution is 7.22. The summed E-state index contributed by atoms with van der Waals surface area (Å²) >= 11 is 1.19. The molecule has 0 aliphatic carbocycles. The molecular formula is C18H16FNO4S. The van der Waals surface area contributed by atoms with Gasteiger partial charge < -0.3 is 14.9 Å². The summed E-state index contributed by atoms with van der Waals surface area (Å²) in [6.45, 7) is 2.18. The van der Waals surface area contributed by atoms with E-state index in [0.29, 0.717) is 21.4 Å². The van der Waals surface area contributed by atoms with Crippen LogP contribution in [0.4, 0.5) is 4.39 Å². The molecule has 2 heterocycles. The second kappa shape index (κ2) is 7.06. The highest BCUT2D eigenvalue weighted by atomic mass is 32.1. The molecule has 0 atom stereocenters. The summed E-state index contributed by atoms with van der Waals surface area (Å²) in [6, 6.07) is 7.48. The molecule has 2 aromatic heterocycles. The van der Waals surface area contributed by atoms with Gasteiger partial charge in [0.2, 0.25) is 5.88 Å².